The van der Waals surface area contributed by atoms with Crippen LogP contribution in [0, 0.1) is 16.7 Å². The molecule has 2 aromatic heterocycles. The average molecular weight is 312 g/mol. The number of thiazole rings is 1. The monoisotopic (exact) mass is 312 g/mol. The maximum atomic E-state index is 4.99. The summed E-state index contributed by atoms with van der Waals surface area (Å²) in [6.07, 6.45) is 10.3. The van der Waals surface area contributed by atoms with Gasteiger partial charge in [-0.1, -0.05) is 27.2 Å². The lowest BCUT2D eigenvalue weighted by molar-refractivity contribution is -0.00564. The van der Waals surface area contributed by atoms with Gasteiger partial charge in [-0.25, -0.2) is 4.98 Å². The summed E-state index contributed by atoms with van der Waals surface area (Å²) in [5.41, 5.74) is 3.44. The van der Waals surface area contributed by atoms with Crippen LogP contribution in [0.2, 0.25) is 0 Å². The molecule has 2 atom stereocenters. The Balaban J connectivity index is 1.73. The molecule has 1 fully saturated rings. The van der Waals surface area contributed by atoms with Gasteiger partial charge in [0.25, 0.3) is 0 Å². The van der Waals surface area contributed by atoms with Crippen molar-refractivity contribution in [1.29, 1.82) is 0 Å². The van der Waals surface area contributed by atoms with Crippen molar-refractivity contribution in [1.82, 2.24) is 9.97 Å². The lowest BCUT2D eigenvalue weighted by Crippen LogP contribution is -2.46. The molecule has 2 aromatic rings. The zero-order valence-electron chi connectivity index (χ0n) is 13.7. The molecule has 2 heterocycles. The molecule has 0 radical (unpaired) electrons. The molecule has 0 bridgehead atoms. The summed E-state index contributed by atoms with van der Waals surface area (Å²) in [4.78, 5) is 10.8. The van der Waals surface area contributed by atoms with Crippen molar-refractivity contribution in [2.24, 2.45) is 16.7 Å². The average Bonchev–Trinajstić information content (AvgIpc) is 2.88. The predicted molar refractivity (Wildman–Crippen MR) is 92.0 cm³/mol. The van der Waals surface area contributed by atoms with E-state index in [1.54, 1.807) is 0 Å². The van der Waals surface area contributed by atoms with Crippen LogP contribution in [0.15, 0.2) is 24.5 Å². The van der Waals surface area contributed by atoms with Gasteiger partial charge >= 0.3 is 0 Å². The molecule has 0 saturated heterocycles. The van der Waals surface area contributed by atoms with Crippen LogP contribution in [0.1, 0.15) is 50.6 Å². The summed E-state index contributed by atoms with van der Waals surface area (Å²) >= 11 is 1.89. The maximum Gasteiger partial charge on any atom is 0.125 e. The largest absolute Gasteiger partial charge is 0.264 e. The van der Waals surface area contributed by atoms with Crippen molar-refractivity contribution in [2.75, 3.05) is 0 Å². The summed E-state index contributed by atoms with van der Waals surface area (Å²) in [7, 11) is 0. The Morgan fingerprint density at radius 2 is 2.09 bits per heavy atom. The van der Waals surface area contributed by atoms with Gasteiger partial charge in [0, 0.05) is 22.8 Å². The van der Waals surface area contributed by atoms with E-state index in [1.807, 2.05) is 29.8 Å². The van der Waals surface area contributed by atoms with Gasteiger partial charge in [0.1, 0.15) is 5.01 Å². The molecule has 2 aliphatic rings. The molecule has 0 N–H and O–H groups in total. The molecule has 0 aromatic carbocycles. The summed E-state index contributed by atoms with van der Waals surface area (Å²) in [6.45, 7) is 7.45. The Morgan fingerprint density at radius 1 is 1.23 bits per heavy atom. The minimum absolute atomic E-state index is 0.447. The highest BCUT2D eigenvalue weighted by atomic mass is 32.1. The van der Waals surface area contributed by atoms with E-state index < -0.39 is 0 Å². The number of hydrogen-bond acceptors (Lipinski definition) is 3. The zero-order valence-corrected chi connectivity index (χ0v) is 14.5. The number of nitrogens with zero attached hydrogens (tertiary/aromatic N) is 2. The Morgan fingerprint density at radius 3 is 2.86 bits per heavy atom. The fraction of sp³-hybridized carbons (Fsp3) is 0.579. The van der Waals surface area contributed by atoms with Crippen molar-refractivity contribution in [2.45, 2.75) is 52.9 Å². The smallest absolute Gasteiger partial charge is 0.125 e. The summed E-state index contributed by atoms with van der Waals surface area (Å²) in [6, 6.07) is 4.12. The Kier molecular flexibility index (Phi) is 3.19. The van der Waals surface area contributed by atoms with Crippen molar-refractivity contribution in [3.05, 3.63) is 35.1 Å². The van der Waals surface area contributed by atoms with E-state index in [0.717, 1.165) is 22.9 Å². The van der Waals surface area contributed by atoms with E-state index in [4.69, 9.17) is 4.98 Å². The first-order valence-electron chi connectivity index (χ1n) is 8.37. The molecule has 0 aliphatic heterocycles. The summed E-state index contributed by atoms with van der Waals surface area (Å²) in [5.74, 6) is 0.769. The van der Waals surface area contributed by atoms with Gasteiger partial charge in [-0.15, -0.1) is 11.3 Å². The fourth-order valence-corrected chi connectivity index (χ4v) is 6.10. The van der Waals surface area contributed by atoms with Crippen molar-refractivity contribution in [3.63, 3.8) is 0 Å². The minimum atomic E-state index is 0.447. The van der Waals surface area contributed by atoms with Gasteiger partial charge in [-0.05, 0) is 54.6 Å². The normalized spacial score (nSPS) is 29.7. The molecular weight excluding hydrogens is 288 g/mol. The third kappa shape index (κ3) is 2.21. The SMILES string of the molecule is CC1(C)CCC[C@]2(C)Cc3sc(-c4cccnc4)nc3CC12. The van der Waals surface area contributed by atoms with Gasteiger partial charge in [0.2, 0.25) is 0 Å². The second-order valence-electron chi connectivity index (χ2n) is 8.06. The lowest BCUT2D eigenvalue weighted by Gasteiger charge is -2.53. The Bertz CT molecular complexity index is 689. The summed E-state index contributed by atoms with van der Waals surface area (Å²) in [5, 5.41) is 1.15. The molecule has 116 valence electrons. The van der Waals surface area contributed by atoms with E-state index in [2.05, 4.69) is 31.8 Å². The van der Waals surface area contributed by atoms with E-state index in [-0.39, 0.29) is 0 Å². The first-order valence-corrected chi connectivity index (χ1v) is 9.19. The van der Waals surface area contributed by atoms with Crippen molar-refractivity contribution in [3.8, 4) is 10.6 Å². The number of hydrogen-bond donors (Lipinski definition) is 0. The van der Waals surface area contributed by atoms with Crippen LogP contribution in [0.3, 0.4) is 0 Å². The first kappa shape index (κ1) is 14.4. The lowest BCUT2D eigenvalue weighted by atomic mass is 9.52. The second kappa shape index (κ2) is 4.89. The highest BCUT2D eigenvalue weighted by Crippen LogP contribution is 2.57. The highest BCUT2D eigenvalue weighted by molar-refractivity contribution is 7.15. The van der Waals surface area contributed by atoms with Crippen molar-refractivity contribution < 1.29 is 0 Å². The fourth-order valence-electron chi connectivity index (χ4n) is 4.83. The van der Waals surface area contributed by atoms with E-state index in [0.29, 0.717) is 10.8 Å². The van der Waals surface area contributed by atoms with E-state index in [9.17, 15) is 0 Å². The van der Waals surface area contributed by atoms with Crippen LogP contribution in [0.5, 0.6) is 0 Å². The molecule has 3 heteroatoms. The topological polar surface area (TPSA) is 25.8 Å². The quantitative estimate of drug-likeness (QED) is 0.729. The van der Waals surface area contributed by atoms with E-state index in [1.165, 1.54) is 36.3 Å². The highest BCUT2D eigenvalue weighted by Gasteiger charge is 2.49. The third-order valence-corrected chi connectivity index (χ3v) is 7.15. The predicted octanol–water partition coefficient (Wildman–Crippen LogP) is 5.14. The molecule has 2 nitrogen and oxygen atoms in total. The Hall–Kier alpha value is -1.22. The van der Waals surface area contributed by atoms with Gasteiger partial charge < -0.3 is 0 Å². The molecule has 0 spiro atoms. The molecule has 1 unspecified atom stereocenters. The molecule has 1 saturated carbocycles. The Labute approximate surface area is 137 Å². The van der Waals surface area contributed by atoms with Crippen LogP contribution in [0.4, 0.5) is 0 Å². The standard InChI is InChI=1S/C19H24N2S/c1-18(2)7-5-8-19(3)11-15-14(10-16(18)19)21-17(22-15)13-6-4-9-20-12-13/h4,6,9,12,16H,5,7-8,10-11H2,1-3H3/t16?,19-/m1/s1. The molecule has 0 amide bonds. The number of fused-ring (bicyclic) bond motifs is 2. The van der Waals surface area contributed by atoms with Gasteiger partial charge in [0.05, 0.1) is 5.69 Å². The van der Waals surface area contributed by atoms with E-state index >= 15 is 0 Å². The summed E-state index contributed by atoms with van der Waals surface area (Å²) < 4.78 is 0. The maximum absolute atomic E-state index is 4.99. The molecular formula is C19H24N2S. The van der Waals surface area contributed by atoms with Crippen LogP contribution >= 0.6 is 11.3 Å². The number of aromatic nitrogens is 2. The van der Waals surface area contributed by atoms with Crippen molar-refractivity contribution >= 4 is 11.3 Å². The molecule has 4 rings (SSSR count). The minimum Gasteiger partial charge on any atom is -0.264 e. The first-order chi connectivity index (χ1) is 10.5. The van der Waals surface area contributed by atoms with Crippen LogP contribution in [-0.2, 0) is 12.8 Å². The van der Waals surface area contributed by atoms with Gasteiger partial charge in [0.15, 0.2) is 0 Å². The second-order valence-corrected chi connectivity index (χ2v) is 9.14. The number of pyridine rings is 1. The van der Waals surface area contributed by atoms with Crippen LogP contribution in [0.25, 0.3) is 10.6 Å². The molecule has 2 aliphatic carbocycles. The zero-order chi connectivity index (χ0) is 15.4. The van der Waals surface area contributed by atoms with Crippen LogP contribution in [-0.4, -0.2) is 9.97 Å². The molecule has 22 heavy (non-hydrogen) atoms. The van der Waals surface area contributed by atoms with Crippen LogP contribution < -0.4 is 0 Å². The van der Waals surface area contributed by atoms with Gasteiger partial charge in [-0.2, -0.15) is 0 Å². The third-order valence-electron chi connectivity index (χ3n) is 6.00. The number of rotatable bonds is 1. The van der Waals surface area contributed by atoms with Gasteiger partial charge in [-0.3, -0.25) is 4.98 Å².